The molecule has 0 bridgehead atoms. The van der Waals surface area contributed by atoms with E-state index in [1.165, 1.54) is 70.6 Å². The number of quaternary nitrogens is 1. The van der Waals surface area contributed by atoms with Gasteiger partial charge in [-0.3, -0.25) is 9.59 Å². The molecule has 0 saturated heterocycles. The lowest BCUT2D eigenvalue weighted by Crippen LogP contribution is -2.44. The van der Waals surface area contributed by atoms with Crippen LogP contribution < -0.4 is 5.11 Å². The van der Waals surface area contributed by atoms with Crippen LogP contribution in [0.4, 0.5) is 0 Å². The van der Waals surface area contributed by atoms with Crippen LogP contribution >= 0.6 is 0 Å². The van der Waals surface area contributed by atoms with E-state index >= 15 is 0 Å². The van der Waals surface area contributed by atoms with Gasteiger partial charge in [-0.15, -0.1) is 0 Å². The number of allylic oxidation sites excluding steroid dienone is 16. The molecule has 2 unspecified atom stereocenters. The largest absolute Gasteiger partial charge is 0.545 e. The third-order valence-electron chi connectivity index (χ3n) is 11.1. The van der Waals surface area contributed by atoms with Crippen molar-refractivity contribution in [1.29, 1.82) is 0 Å². The van der Waals surface area contributed by atoms with Gasteiger partial charge in [0.2, 0.25) is 0 Å². The summed E-state index contributed by atoms with van der Waals surface area (Å²) in [6.07, 6.45) is 63.3. The lowest BCUT2D eigenvalue weighted by Gasteiger charge is -2.26. The van der Waals surface area contributed by atoms with Crippen LogP contribution in [0.2, 0.25) is 0 Å². The average Bonchev–Trinajstić information content (AvgIpc) is 3.30. The topological polar surface area (TPSA) is 111 Å². The van der Waals surface area contributed by atoms with Gasteiger partial charge in [0.25, 0.3) is 0 Å². The number of hydrogen-bond acceptors (Lipinski definition) is 8. The number of ether oxygens (including phenoxy) is 4. The number of likely N-dealkylation sites (N-methyl/N-ethyl adjacent to an activating group) is 1. The summed E-state index contributed by atoms with van der Waals surface area (Å²) in [5.41, 5.74) is 0. The maximum atomic E-state index is 12.8. The Morgan fingerprint density at radius 1 is 0.456 bits per heavy atom. The van der Waals surface area contributed by atoms with E-state index in [4.69, 9.17) is 18.9 Å². The first-order valence-corrected chi connectivity index (χ1v) is 26.9. The van der Waals surface area contributed by atoms with Crippen molar-refractivity contribution in [2.75, 3.05) is 47.5 Å². The molecule has 0 aliphatic carbocycles. The summed E-state index contributed by atoms with van der Waals surface area (Å²) in [5.74, 6) is -2.30. The zero-order valence-electron chi connectivity index (χ0n) is 43.9. The molecule has 0 rings (SSSR count). The predicted octanol–water partition coefficient (Wildman–Crippen LogP) is 14.1. The van der Waals surface area contributed by atoms with Crippen LogP contribution in [0, 0.1) is 0 Å². The number of hydrogen-bond donors (Lipinski definition) is 0. The fourth-order valence-electron chi connectivity index (χ4n) is 6.96. The van der Waals surface area contributed by atoms with Gasteiger partial charge >= 0.3 is 11.9 Å². The molecule has 0 aromatic heterocycles. The molecular formula is C59H99NO8. The number of unbranched alkanes of at least 4 members (excludes halogenated alkanes) is 17. The lowest BCUT2D eigenvalue weighted by atomic mass is 10.0. The van der Waals surface area contributed by atoms with Crippen LogP contribution in [0.3, 0.4) is 0 Å². The van der Waals surface area contributed by atoms with Crippen molar-refractivity contribution in [1.82, 2.24) is 0 Å². The summed E-state index contributed by atoms with van der Waals surface area (Å²) >= 11 is 0. The second-order valence-electron chi connectivity index (χ2n) is 18.8. The van der Waals surface area contributed by atoms with E-state index in [0.29, 0.717) is 17.4 Å². The number of rotatable bonds is 48. The first-order chi connectivity index (χ1) is 33.1. The Morgan fingerprint density at radius 2 is 0.838 bits per heavy atom. The second-order valence-corrected chi connectivity index (χ2v) is 18.8. The summed E-state index contributed by atoms with van der Waals surface area (Å²) in [6.45, 7) is 4.57. The third-order valence-corrected chi connectivity index (χ3v) is 11.1. The van der Waals surface area contributed by atoms with Gasteiger partial charge < -0.3 is 33.3 Å². The number of aliphatic carboxylic acids is 1. The Morgan fingerprint density at radius 3 is 1.25 bits per heavy atom. The standard InChI is InChI=1S/C59H99NO8/c1-6-8-10-12-14-16-17-18-19-20-21-22-23-24-25-26-27-28-29-30-31-32-33-34-35-36-37-38-39-40-41-42-44-46-48-50-57(62)68-55(54-67-59(58(63)64)65-52-51-60(3,4)5)53-66-56(61)49-47-45-43-15-13-11-9-7-2/h8,10,14,16,18-19,21-22,24-25,27-28,30-31,33-34,55,59H,6-7,9,11-13,15,17,20,23,26,29,32,35-54H2,1-5H3/b10-8-,16-14-,19-18-,22-21-,25-24-,28-27-,31-30-,34-33-. The first-order valence-electron chi connectivity index (χ1n) is 26.9. The molecule has 0 spiro atoms. The van der Waals surface area contributed by atoms with E-state index in [-0.39, 0.29) is 38.6 Å². The number of nitrogens with zero attached hydrogens (tertiary/aromatic N) is 1. The highest BCUT2D eigenvalue weighted by Crippen LogP contribution is 2.14. The van der Waals surface area contributed by atoms with E-state index in [9.17, 15) is 19.5 Å². The van der Waals surface area contributed by atoms with Gasteiger partial charge in [-0.1, -0.05) is 207 Å². The van der Waals surface area contributed by atoms with Crippen molar-refractivity contribution in [2.45, 2.75) is 212 Å². The van der Waals surface area contributed by atoms with Gasteiger partial charge in [0.1, 0.15) is 13.2 Å². The minimum Gasteiger partial charge on any atom is -0.545 e. The van der Waals surface area contributed by atoms with Crippen molar-refractivity contribution >= 4 is 17.9 Å². The molecule has 0 aliphatic heterocycles. The van der Waals surface area contributed by atoms with Crippen molar-refractivity contribution in [3.63, 3.8) is 0 Å². The minimum atomic E-state index is -1.62. The Hall–Kier alpha value is -3.79. The molecule has 0 saturated carbocycles. The summed E-state index contributed by atoms with van der Waals surface area (Å²) in [6, 6.07) is 0. The molecule has 0 heterocycles. The fraction of sp³-hybridized carbons (Fsp3) is 0.678. The Kier molecular flexibility index (Phi) is 46.9. The maximum absolute atomic E-state index is 12.8. The van der Waals surface area contributed by atoms with Gasteiger partial charge in [-0.25, -0.2) is 0 Å². The Bertz CT molecular complexity index is 1430. The highest BCUT2D eigenvalue weighted by atomic mass is 16.7. The van der Waals surface area contributed by atoms with Crippen LogP contribution in [0.1, 0.15) is 200 Å². The maximum Gasteiger partial charge on any atom is 0.306 e. The monoisotopic (exact) mass is 950 g/mol. The fourth-order valence-corrected chi connectivity index (χ4v) is 6.96. The quantitative estimate of drug-likeness (QED) is 0.0195. The van der Waals surface area contributed by atoms with Gasteiger partial charge in [0.15, 0.2) is 12.4 Å². The molecule has 0 aromatic carbocycles. The lowest BCUT2D eigenvalue weighted by molar-refractivity contribution is -0.870. The van der Waals surface area contributed by atoms with Crippen molar-refractivity contribution in [3.05, 3.63) is 97.2 Å². The summed E-state index contributed by atoms with van der Waals surface area (Å²) in [4.78, 5) is 37.0. The molecule has 68 heavy (non-hydrogen) atoms. The number of esters is 2. The SMILES string of the molecule is CC/C=C\C/C=C\C/C=C\C/C=C\C/C=C\C/C=C\C/C=C\C/C=C\CCCCCCCCCCCCC(=O)OC(COC(=O)CCCCCCCCCC)COC(OCC[N+](C)(C)C)C(=O)[O-]. The number of carbonyl (C=O) groups is 3. The van der Waals surface area contributed by atoms with E-state index in [1.54, 1.807) is 0 Å². The summed E-state index contributed by atoms with van der Waals surface area (Å²) in [7, 11) is 5.90. The highest BCUT2D eigenvalue weighted by Gasteiger charge is 2.22. The van der Waals surface area contributed by atoms with Crippen molar-refractivity contribution < 1.29 is 42.9 Å². The van der Waals surface area contributed by atoms with Crippen molar-refractivity contribution in [2.24, 2.45) is 0 Å². The number of carboxylic acids is 1. The van der Waals surface area contributed by atoms with E-state index in [1.807, 2.05) is 21.1 Å². The van der Waals surface area contributed by atoms with Crippen LogP contribution in [-0.2, 0) is 33.3 Å². The molecule has 0 aromatic rings. The predicted molar refractivity (Wildman–Crippen MR) is 283 cm³/mol. The third kappa shape index (κ3) is 50.1. The van der Waals surface area contributed by atoms with Crippen LogP contribution in [0.25, 0.3) is 0 Å². The number of carbonyl (C=O) groups excluding carboxylic acids is 3. The van der Waals surface area contributed by atoms with Crippen LogP contribution in [0.15, 0.2) is 97.2 Å². The summed E-state index contributed by atoms with van der Waals surface area (Å²) < 4.78 is 22.5. The smallest absolute Gasteiger partial charge is 0.306 e. The summed E-state index contributed by atoms with van der Waals surface area (Å²) in [5, 5.41) is 11.7. The van der Waals surface area contributed by atoms with E-state index in [0.717, 1.165) is 96.3 Å². The molecular weight excluding hydrogens is 851 g/mol. The Balaban J connectivity index is 4.11. The van der Waals surface area contributed by atoms with Gasteiger partial charge in [0, 0.05) is 12.8 Å². The molecule has 9 nitrogen and oxygen atoms in total. The molecule has 2 atom stereocenters. The first kappa shape index (κ1) is 64.2. The Labute approximate surface area is 416 Å². The van der Waals surface area contributed by atoms with Gasteiger partial charge in [-0.2, -0.15) is 0 Å². The van der Waals surface area contributed by atoms with Crippen molar-refractivity contribution in [3.8, 4) is 0 Å². The molecule has 0 radical (unpaired) electrons. The van der Waals surface area contributed by atoms with Gasteiger partial charge in [-0.05, 0) is 77.0 Å². The van der Waals surface area contributed by atoms with E-state index < -0.39 is 24.3 Å². The van der Waals surface area contributed by atoms with Crippen LogP contribution in [0.5, 0.6) is 0 Å². The molecule has 388 valence electrons. The highest BCUT2D eigenvalue weighted by molar-refractivity contribution is 5.70. The average molecular weight is 950 g/mol. The zero-order valence-corrected chi connectivity index (χ0v) is 43.9. The molecule has 0 N–H and O–H groups in total. The molecule has 0 fully saturated rings. The molecule has 9 heteroatoms. The van der Waals surface area contributed by atoms with Crippen LogP contribution in [-0.4, -0.2) is 82.3 Å². The van der Waals surface area contributed by atoms with Gasteiger partial charge in [0.05, 0.1) is 40.3 Å². The molecule has 0 aliphatic rings. The minimum absolute atomic E-state index is 0.144. The number of carboxylic acid groups (broad SMARTS) is 1. The second kappa shape index (κ2) is 49.6. The zero-order chi connectivity index (χ0) is 49.9. The van der Waals surface area contributed by atoms with E-state index in [2.05, 4.69) is 111 Å². The normalized spacial score (nSPS) is 13.6. The molecule has 0 amide bonds.